The third-order valence-corrected chi connectivity index (χ3v) is 1.64. The highest BCUT2D eigenvalue weighted by atomic mass is 16.6. The molecule has 1 rings (SSSR count). The molecule has 0 aliphatic rings. The van der Waals surface area contributed by atoms with Gasteiger partial charge in [0.05, 0.1) is 12.3 Å². The van der Waals surface area contributed by atoms with Gasteiger partial charge in [-0.05, 0) is 13.0 Å². The van der Waals surface area contributed by atoms with Crippen molar-refractivity contribution < 1.29 is 4.84 Å². The number of aromatic nitrogens is 2. The molecule has 0 saturated heterocycles. The Balaban J connectivity index is 2.58. The number of nitrogens with two attached hydrogens (primary N) is 1. The first-order valence-electron chi connectivity index (χ1n) is 3.55. The van der Waals surface area contributed by atoms with Crippen LogP contribution in [0.3, 0.4) is 0 Å². The van der Waals surface area contributed by atoms with Crippen LogP contribution in [0.5, 0.6) is 0 Å². The molecular weight excluding hydrogens is 142 g/mol. The summed E-state index contributed by atoms with van der Waals surface area (Å²) in [5, 5.41) is 4.23. The fourth-order valence-electron chi connectivity index (χ4n) is 0.921. The van der Waals surface area contributed by atoms with Crippen LogP contribution in [0.4, 0.5) is 0 Å². The SMILES string of the molecule is Cc1cc(CCON)nn1C. The molecule has 4 nitrogen and oxygen atoms in total. The zero-order valence-electron chi connectivity index (χ0n) is 6.87. The summed E-state index contributed by atoms with van der Waals surface area (Å²) >= 11 is 0. The van der Waals surface area contributed by atoms with Gasteiger partial charge in [-0.2, -0.15) is 5.10 Å². The van der Waals surface area contributed by atoms with Gasteiger partial charge in [0.15, 0.2) is 0 Å². The van der Waals surface area contributed by atoms with Gasteiger partial charge in [0.1, 0.15) is 0 Å². The highest BCUT2D eigenvalue weighted by molar-refractivity contribution is 5.08. The van der Waals surface area contributed by atoms with E-state index in [1.54, 1.807) is 0 Å². The van der Waals surface area contributed by atoms with E-state index in [1.807, 2.05) is 24.7 Å². The summed E-state index contributed by atoms with van der Waals surface area (Å²) in [6.07, 6.45) is 0.776. The Morgan fingerprint density at radius 2 is 2.45 bits per heavy atom. The third-order valence-electron chi connectivity index (χ3n) is 1.64. The maximum absolute atomic E-state index is 4.89. The molecule has 2 N–H and O–H groups in total. The molecular formula is C7H13N3O. The number of hydrogen-bond donors (Lipinski definition) is 1. The second-order valence-corrected chi connectivity index (χ2v) is 2.52. The summed E-state index contributed by atoms with van der Waals surface area (Å²) in [6, 6.07) is 2.03. The number of nitrogens with zero attached hydrogens (tertiary/aromatic N) is 2. The average molecular weight is 155 g/mol. The van der Waals surface area contributed by atoms with Crippen LogP contribution in [0.1, 0.15) is 11.4 Å². The lowest BCUT2D eigenvalue weighted by Crippen LogP contribution is -2.04. The molecule has 1 heterocycles. The Morgan fingerprint density at radius 3 is 2.91 bits per heavy atom. The van der Waals surface area contributed by atoms with E-state index in [0.29, 0.717) is 6.61 Å². The Labute approximate surface area is 65.9 Å². The molecule has 0 aliphatic carbocycles. The summed E-state index contributed by atoms with van der Waals surface area (Å²) in [5.74, 6) is 4.89. The Bertz CT molecular complexity index is 212. The van der Waals surface area contributed by atoms with Gasteiger partial charge in [-0.3, -0.25) is 4.68 Å². The minimum atomic E-state index is 0.524. The van der Waals surface area contributed by atoms with E-state index in [9.17, 15) is 0 Å². The van der Waals surface area contributed by atoms with Crippen molar-refractivity contribution in [2.45, 2.75) is 13.3 Å². The summed E-state index contributed by atoms with van der Waals surface area (Å²) < 4.78 is 1.84. The fraction of sp³-hybridized carbons (Fsp3) is 0.571. The summed E-state index contributed by atoms with van der Waals surface area (Å²) in [4.78, 5) is 4.45. The second kappa shape index (κ2) is 3.50. The van der Waals surface area contributed by atoms with Crippen LogP contribution in [0.25, 0.3) is 0 Å². The van der Waals surface area contributed by atoms with E-state index in [2.05, 4.69) is 9.94 Å². The third kappa shape index (κ3) is 2.03. The van der Waals surface area contributed by atoms with Crippen molar-refractivity contribution >= 4 is 0 Å². The van der Waals surface area contributed by atoms with Crippen LogP contribution >= 0.6 is 0 Å². The zero-order chi connectivity index (χ0) is 8.27. The minimum Gasteiger partial charge on any atom is -0.304 e. The highest BCUT2D eigenvalue weighted by Crippen LogP contribution is 2.01. The molecule has 0 radical (unpaired) electrons. The smallest absolute Gasteiger partial charge is 0.0735 e. The van der Waals surface area contributed by atoms with Gasteiger partial charge in [-0.15, -0.1) is 0 Å². The van der Waals surface area contributed by atoms with Crippen molar-refractivity contribution in [3.63, 3.8) is 0 Å². The second-order valence-electron chi connectivity index (χ2n) is 2.52. The largest absolute Gasteiger partial charge is 0.304 e. The van der Waals surface area contributed by atoms with E-state index in [0.717, 1.165) is 17.8 Å². The Hall–Kier alpha value is -0.870. The van der Waals surface area contributed by atoms with E-state index < -0.39 is 0 Å². The van der Waals surface area contributed by atoms with Crippen molar-refractivity contribution in [3.05, 3.63) is 17.5 Å². The molecule has 0 unspecified atom stereocenters. The lowest BCUT2D eigenvalue weighted by atomic mass is 10.3. The number of rotatable bonds is 3. The molecule has 0 fully saturated rings. The van der Waals surface area contributed by atoms with Gasteiger partial charge < -0.3 is 4.84 Å². The first-order valence-corrected chi connectivity index (χ1v) is 3.55. The number of aryl methyl sites for hydroxylation is 2. The van der Waals surface area contributed by atoms with Crippen LogP contribution in [-0.4, -0.2) is 16.4 Å². The first kappa shape index (κ1) is 8.23. The summed E-state index contributed by atoms with van der Waals surface area (Å²) in [6.45, 7) is 2.54. The standard InChI is InChI=1S/C7H13N3O/c1-6-5-7(3-4-11-8)9-10(6)2/h5H,3-4,8H2,1-2H3. The van der Waals surface area contributed by atoms with Gasteiger partial charge in [0.2, 0.25) is 0 Å². The minimum absolute atomic E-state index is 0.524. The van der Waals surface area contributed by atoms with Crippen LogP contribution in [0.15, 0.2) is 6.07 Å². The molecule has 0 amide bonds. The molecule has 0 aromatic carbocycles. The first-order chi connectivity index (χ1) is 5.24. The van der Waals surface area contributed by atoms with Crippen LogP contribution < -0.4 is 5.90 Å². The van der Waals surface area contributed by atoms with Gasteiger partial charge in [0, 0.05) is 19.2 Å². The van der Waals surface area contributed by atoms with E-state index >= 15 is 0 Å². The van der Waals surface area contributed by atoms with Crippen molar-refractivity contribution in [2.75, 3.05) is 6.61 Å². The lowest BCUT2D eigenvalue weighted by Gasteiger charge is -1.92. The van der Waals surface area contributed by atoms with Crippen molar-refractivity contribution in [3.8, 4) is 0 Å². The number of hydrogen-bond acceptors (Lipinski definition) is 3. The normalized spacial score (nSPS) is 10.5. The molecule has 0 aliphatic heterocycles. The van der Waals surface area contributed by atoms with Crippen LogP contribution in [0.2, 0.25) is 0 Å². The molecule has 11 heavy (non-hydrogen) atoms. The maximum atomic E-state index is 4.89. The van der Waals surface area contributed by atoms with E-state index in [4.69, 9.17) is 5.90 Å². The van der Waals surface area contributed by atoms with E-state index in [-0.39, 0.29) is 0 Å². The predicted molar refractivity (Wildman–Crippen MR) is 41.8 cm³/mol. The lowest BCUT2D eigenvalue weighted by molar-refractivity contribution is 0.140. The molecule has 0 spiro atoms. The Kier molecular flexibility index (Phi) is 2.62. The fourth-order valence-corrected chi connectivity index (χ4v) is 0.921. The van der Waals surface area contributed by atoms with Crippen molar-refractivity contribution in [1.82, 2.24) is 9.78 Å². The monoisotopic (exact) mass is 155 g/mol. The predicted octanol–water partition coefficient (Wildman–Crippen LogP) is 0.161. The molecule has 0 atom stereocenters. The van der Waals surface area contributed by atoms with Gasteiger partial charge in [0.25, 0.3) is 0 Å². The average Bonchev–Trinajstić information content (AvgIpc) is 2.28. The molecule has 0 bridgehead atoms. The topological polar surface area (TPSA) is 53.1 Å². The molecule has 4 heteroatoms. The van der Waals surface area contributed by atoms with Crippen molar-refractivity contribution in [1.29, 1.82) is 0 Å². The van der Waals surface area contributed by atoms with Crippen molar-refractivity contribution in [2.24, 2.45) is 12.9 Å². The van der Waals surface area contributed by atoms with E-state index in [1.165, 1.54) is 0 Å². The molecule has 1 aromatic heterocycles. The molecule has 62 valence electrons. The highest BCUT2D eigenvalue weighted by Gasteiger charge is 1.99. The maximum Gasteiger partial charge on any atom is 0.0735 e. The molecule has 0 saturated carbocycles. The van der Waals surface area contributed by atoms with Gasteiger partial charge in [-0.25, -0.2) is 5.90 Å². The Morgan fingerprint density at radius 1 is 1.73 bits per heavy atom. The van der Waals surface area contributed by atoms with Crippen LogP contribution in [-0.2, 0) is 18.3 Å². The summed E-state index contributed by atoms with van der Waals surface area (Å²) in [5.41, 5.74) is 2.17. The zero-order valence-corrected chi connectivity index (χ0v) is 6.87. The van der Waals surface area contributed by atoms with Gasteiger partial charge in [-0.1, -0.05) is 0 Å². The van der Waals surface area contributed by atoms with Gasteiger partial charge >= 0.3 is 0 Å². The summed E-state index contributed by atoms with van der Waals surface area (Å²) in [7, 11) is 1.92. The molecule has 1 aromatic rings. The van der Waals surface area contributed by atoms with Crippen LogP contribution in [0, 0.1) is 6.92 Å². The quantitative estimate of drug-likeness (QED) is 0.633.